The van der Waals surface area contributed by atoms with Crippen molar-refractivity contribution in [3.8, 4) is 0 Å². The van der Waals surface area contributed by atoms with Gasteiger partial charge in [0.1, 0.15) is 0 Å². The van der Waals surface area contributed by atoms with E-state index in [9.17, 15) is 0 Å². The van der Waals surface area contributed by atoms with E-state index in [1.54, 1.807) is 0 Å². The highest BCUT2D eigenvalue weighted by Gasteiger charge is 2.38. The molecule has 0 saturated carbocycles. The monoisotopic (exact) mass is 156 g/mol. The van der Waals surface area contributed by atoms with Crippen molar-refractivity contribution in [1.82, 2.24) is 10.6 Å². The number of rotatable bonds is 0. The largest absolute Gasteiger partial charge is 0.367 e. The van der Waals surface area contributed by atoms with Gasteiger partial charge in [-0.2, -0.15) is 11.8 Å². The Balaban J connectivity index is 2.12. The van der Waals surface area contributed by atoms with Gasteiger partial charge in [0, 0.05) is 11.0 Å². The van der Waals surface area contributed by atoms with Gasteiger partial charge in [-0.05, 0) is 0 Å². The Morgan fingerprint density at radius 1 is 1.60 bits per heavy atom. The Bertz CT molecular complexity index is 169. The summed E-state index contributed by atoms with van der Waals surface area (Å²) in [6.45, 7) is 6.11. The van der Waals surface area contributed by atoms with E-state index >= 15 is 0 Å². The lowest BCUT2D eigenvalue weighted by Gasteiger charge is -2.11. The summed E-state index contributed by atoms with van der Waals surface area (Å²) < 4.78 is 0. The summed E-state index contributed by atoms with van der Waals surface area (Å²) in [5.41, 5.74) is 0. The van der Waals surface area contributed by atoms with Crippen molar-refractivity contribution in [2.24, 2.45) is 0 Å². The molecule has 1 unspecified atom stereocenters. The van der Waals surface area contributed by atoms with Gasteiger partial charge in [0.05, 0.1) is 17.9 Å². The normalized spacial score (nSPS) is 44.5. The Morgan fingerprint density at radius 2 is 2.40 bits per heavy atom. The number of nitrogens with one attached hydrogen (secondary N) is 2. The van der Waals surface area contributed by atoms with Gasteiger partial charge in [-0.1, -0.05) is 13.5 Å². The molecule has 2 N–H and O–H groups in total. The van der Waals surface area contributed by atoms with Gasteiger partial charge in [0.2, 0.25) is 0 Å². The Hall–Kier alpha value is -0.310. The van der Waals surface area contributed by atoms with Gasteiger partial charge in [-0.3, -0.25) is 0 Å². The standard InChI is InChI=1S/C7H12N2S/c1-4-7-6(3-10-4)8-5(2)9-7/h4,6-9H,2-3H2,1H3/t4?,6-,7+/m0/s1. The molecule has 0 bridgehead atoms. The molecule has 0 aromatic carbocycles. The molecular formula is C7H12N2S. The smallest absolute Gasteiger partial charge is 0.0918 e. The van der Waals surface area contributed by atoms with E-state index < -0.39 is 0 Å². The third-order valence-corrected chi connectivity index (χ3v) is 3.55. The Morgan fingerprint density at radius 3 is 3.10 bits per heavy atom. The SMILES string of the molecule is C=C1N[C@H]2CSC(C)[C@H]2N1. The second kappa shape index (κ2) is 2.09. The zero-order valence-corrected chi connectivity index (χ0v) is 6.87. The molecule has 0 amide bonds. The first-order chi connectivity index (χ1) is 4.77. The Labute approximate surface area is 65.5 Å². The predicted octanol–water partition coefficient (Wildman–Crippen LogP) is 0.523. The lowest BCUT2D eigenvalue weighted by Crippen LogP contribution is -2.35. The zero-order valence-electron chi connectivity index (χ0n) is 6.05. The fourth-order valence-electron chi connectivity index (χ4n) is 1.61. The van der Waals surface area contributed by atoms with E-state index in [0.29, 0.717) is 12.1 Å². The predicted molar refractivity (Wildman–Crippen MR) is 44.9 cm³/mol. The highest BCUT2D eigenvalue weighted by Crippen LogP contribution is 2.30. The van der Waals surface area contributed by atoms with Crippen molar-refractivity contribution in [3.05, 3.63) is 12.4 Å². The van der Waals surface area contributed by atoms with Crippen LogP contribution in [0.15, 0.2) is 12.4 Å². The average molecular weight is 156 g/mol. The van der Waals surface area contributed by atoms with E-state index in [2.05, 4.69) is 24.1 Å². The number of hydrogen-bond acceptors (Lipinski definition) is 3. The number of thioether (sulfide) groups is 1. The van der Waals surface area contributed by atoms with Gasteiger partial charge in [0.15, 0.2) is 0 Å². The number of fused-ring (bicyclic) bond motifs is 1. The first-order valence-electron chi connectivity index (χ1n) is 3.61. The maximum Gasteiger partial charge on any atom is 0.0918 e. The summed E-state index contributed by atoms with van der Waals surface area (Å²) >= 11 is 2.03. The van der Waals surface area contributed by atoms with Crippen molar-refractivity contribution < 1.29 is 0 Å². The maximum atomic E-state index is 3.84. The van der Waals surface area contributed by atoms with Crippen LogP contribution in [0.3, 0.4) is 0 Å². The second-order valence-electron chi connectivity index (χ2n) is 2.94. The van der Waals surface area contributed by atoms with Crippen molar-refractivity contribution >= 4 is 11.8 Å². The third-order valence-electron chi connectivity index (χ3n) is 2.18. The molecule has 2 heterocycles. The van der Waals surface area contributed by atoms with Crippen LogP contribution < -0.4 is 10.6 Å². The topological polar surface area (TPSA) is 24.1 Å². The molecule has 2 aliphatic heterocycles. The molecule has 0 radical (unpaired) electrons. The molecule has 2 fully saturated rings. The summed E-state index contributed by atoms with van der Waals surface area (Å²) in [4.78, 5) is 0. The highest BCUT2D eigenvalue weighted by atomic mass is 32.2. The minimum atomic E-state index is 0.623. The maximum absolute atomic E-state index is 3.84. The van der Waals surface area contributed by atoms with Crippen molar-refractivity contribution in [2.75, 3.05) is 5.75 Å². The first-order valence-corrected chi connectivity index (χ1v) is 4.66. The zero-order chi connectivity index (χ0) is 7.14. The van der Waals surface area contributed by atoms with Gasteiger partial charge in [0.25, 0.3) is 0 Å². The van der Waals surface area contributed by atoms with E-state index in [0.717, 1.165) is 11.1 Å². The quantitative estimate of drug-likeness (QED) is 0.535. The van der Waals surface area contributed by atoms with Crippen LogP contribution in [0.25, 0.3) is 0 Å². The molecule has 3 heteroatoms. The molecule has 0 spiro atoms. The van der Waals surface area contributed by atoms with Crippen LogP contribution in [0, 0.1) is 0 Å². The van der Waals surface area contributed by atoms with Crippen LogP contribution in [0.4, 0.5) is 0 Å². The van der Waals surface area contributed by atoms with Crippen molar-refractivity contribution in [2.45, 2.75) is 24.3 Å². The lowest BCUT2D eigenvalue weighted by atomic mass is 10.1. The van der Waals surface area contributed by atoms with Crippen LogP contribution in [0.5, 0.6) is 0 Å². The highest BCUT2D eigenvalue weighted by molar-refractivity contribution is 8.00. The van der Waals surface area contributed by atoms with Crippen molar-refractivity contribution in [1.29, 1.82) is 0 Å². The second-order valence-corrected chi connectivity index (χ2v) is 4.35. The molecule has 2 rings (SSSR count). The molecule has 2 aliphatic rings. The molecule has 2 saturated heterocycles. The molecule has 0 aliphatic carbocycles. The third kappa shape index (κ3) is 0.804. The average Bonchev–Trinajstić information content (AvgIpc) is 2.35. The van der Waals surface area contributed by atoms with Crippen LogP contribution >= 0.6 is 11.8 Å². The molecule has 3 atom stereocenters. The van der Waals surface area contributed by atoms with Gasteiger partial charge in [-0.15, -0.1) is 0 Å². The van der Waals surface area contributed by atoms with Crippen LogP contribution in [0.1, 0.15) is 6.92 Å². The minimum Gasteiger partial charge on any atom is -0.367 e. The van der Waals surface area contributed by atoms with Crippen LogP contribution in [-0.2, 0) is 0 Å². The Kier molecular flexibility index (Phi) is 1.34. The fourth-order valence-corrected chi connectivity index (χ4v) is 2.87. The van der Waals surface area contributed by atoms with E-state index in [4.69, 9.17) is 0 Å². The van der Waals surface area contributed by atoms with Crippen molar-refractivity contribution in [3.63, 3.8) is 0 Å². The molecule has 2 nitrogen and oxygen atoms in total. The fraction of sp³-hybridized carbons (Fsp3) is 0.714. The molecular weight excluding hydrogens is 144 g/mol. The summed E-state index contributed by atoms with van der Waals surface area (Å²) in [5.74, 6) is 2.22. The van der Waals surface area contributed by atoms with E-state index in [1.165, 1.54) is 5.75 Å². The number of hydrogen-bond donors (Lipinski definition) is 2. The summed E-state index contributed by atoms with van der Waals surface area (Å²) in [6.07, 6.45) is 0. The first kappa shape index (κ1) is 6.40. The van der Waals surface area contributed by atoms with Crippen LogP contribution in [-0.4, -0.2) is 23.1 Å². The molecule has 0 aromatic heterocycles. The molecule has 10 heavy (non-hydrogen) atoms. The minimum absolute atomic E-state index is 0.623. The summed E-state index contributed by atoms with van der Waals surface area (Å²) in [5, 5.41) is 7.39. The molecule has 56 valence electrons. The molecule has 0 aromatic rings. The summed E-state index contributed by atoms with van der Waals surface area (Å²) in [7, 11) is 0. The van der Waals surface area contributed by atoms with E-state index in [-0.39, 0.29) is 0 Å². The van der Waals surface area contributed by atoms with Gasteiger partial charge >= 0.3 is 0 Å². The van der Waals surface area contributed by atoms with E-state index in [1.807, 2.05) is 11.8 Å². The lowest BCUT2D eigenvalue weighted by molar-refractivity contribution is 0.569. The van der Waals surface area contributed by atoms with Gasteiger partial charge in [-0.25, -0.2) is 0 Å². The van der Waals surface area contributed by atoms with Crippen LogP contribution in [0.2, 0.25) is 0 Å². The van der Waals surface area contributed by atoms with Gasteiger partial charge < -0.3 is 10.6 Å². The summed E-state index contributed by atoms with van der Waals surface area (Å²) in [6, 6.07) is 1.25.